The Labute approximate surface area is 154 Å². The topological polar surface area (TPSA) is 63.4 Å². The molecule has 2 aromatic carbocycles. The Morgan fingerprint density at radius 1 is 1.00 bits per heavy atom. The molecule has 0 atom stereocenters. The van der Waals surface area contributed by atoms with Crippen LogP contribution in [0.3, 0.4) is 0 Å². The fraction of sp³-hybridized carbons (Fsp3) is 0.294. The van der Waals surface area contributed by atoms with Crippen molar-refractivity contribution in [3.8, 4) is 0 Å². The monoisotopic (exact) mass is 386 g/mol. The Morgan fingerprint density at radius 2 is 1.62 bits per heavy atom. The largest absolute Gasteiger partial charge is 0.329 e. The molecule has 24 heavy (non-hydrogen) atoms. The summed E-state index contributed by atoms with van der Waals surface area (Å²) in [5.74, 6) is 0. The van der Waals surface area contributed by atoms with Crippen molar-refractivity contribution in [1.29, 1.82) is 0 Å². The van der Waals surface area contributed by atoms with Crippen LogP contribution in [0.1, 0.15) is 5.56 Å². The van der Waals surface area contributed by atoms with Crippen molar-refractivity contribution in [2.75, 3.05) is 25.9 Å². The number of hydrogen-bond donors (Lipinski definition) is 1. The third-order valence-electron chi connectivity index (χ3n) is 3.56. The maximum Gasteiger partial charge on any atom is 0.244 e. The minimum absolute atomic E-state index is 0. The van der Waals surface area contributed by atoms with Crippen LogP contribution in [0.4, 0.5) is 0 Å². The van der Waals surface area contributed by atoms with Gasteiger partial charge in [-0.15, -0.1) is 24.2 Å². The van der Waals surface area contributed by atoms with Crippen LogP contribution in [0, 0.1) is 0 Å². The number of nitrogens with zero attached hydrogens (tertiary/aromatic N) is 1. The summed E-state index contributed by atoms with van der Waals surface area (Å²) in [5, 5.41) is 0. The van der Waals surface area contributed by atoms with E-state index in [1.807, 2.05) is 48.7 Å². The van der Waals surface area contributed by atoms with Crippen LogP contribution in [0.2, 0.25) is 0 Å². The van der Waals surface area contributed by atoms with E-state index in [1.54, 1.807) is 12.1 Å². The smallest absolute Gasteiger partial charge is 0.244 e. The molecule has 0 aliphatic rings. The standard InChI is InChI=1S/C17H22N2O2S2.ClH/c1-22-16-9-5-6-10-17(16)23(20,21)19(14-12-18)13-11-15-7-3-2-4-8-15;/h2-10H,11-14,18H2,1H3;1H. The summed E-state index contributed by atoms with van der Waals surface area (Å²) in [7, 11) is -3.54. The van der Waals surface area contributed by atoms with Gasteiger partial charge in [0.1, 0.15) is 0 Å². The Bertz CT molecular complexity index is 724. The Hall–Kier alpha value is -1.05. The average Bonchev–Trinajstić information content (AvgIpc) is 2.59. The number of sulfonamides is 1. The van der Waals surface area contributed by atoms with Crippen molar-refractivity contribution in [1.82, 2.24) is 4.31 Å². The van der Waals surface area contributed by atoms with Gasteiger partial charge in [0, 0.05) is 24.5 Å². The lowest BCUT2D eigenvalue weighted by Crippen LogP contribution is -2.37. The summed E-state index contributed by atoms with van der Waals surface area (Å²) in [6.45, 7) is 1.04. The molecule has 0 heterocycles. The lowest BCUT2D eigenvalue weighted by molar-refractivity contribution is 0.420. The molecule has 0 amide bonds. The highest BCUT2D eigenvalue weighted by molar-refractivity contribution is 7.99. The summed E-state index contributed by atoms with van der Waals surface area (Å²) in [6, 6.07) is 17.0. The zero-order valence-electron chi connectivity index (χ0n) is 13.6. The number of hydrogen-bond acceptors (Lipinski definition) is 4. The van der Waals surface area contributed by atoms with E-state index in [2.05, 4.69) is 0 Å². The van der Waals surface area contributed by atoms with Gasteiger partial charge in [-0.05, 0) is 30.4 Å². The number of benzene rings is 2. The molecular formula is C17H23ClN2O2S2. The van der Waals surface area contributed by atoms with E-state index in [9.17, 15) is 8.42 Å². The Morgan fingerprint density at radius 3 is 2.25 bits per heavy atom. The molecule has 132 valence electrons. The highest BCUT2D eigenvalue weighted by Crippen LogP contribution is 2.27. The van der Waals surface area contributed by atoms with Crippen LogP contribution < -0.4 is 5.73 Å². The predicted molar refractivity (Wildman–Crippen MR) is 103 cm³/mol. The third-order valence-corrected chi connectivity index (χ3v) is 6.44. The first kappa shape index (κ1) is 21.0. The van der Waals surface area contributed by atoms with Gasteiger partial charge in [-0.2, -0.15) is 4.31 Å². The summed E-state index contributed by atoms with van der Waals surface area (Å²) >= 11 is 1.44. The van der Waals surface area contributed by atoms with Gasteiger partial charge in [0.25, 0.3) is 0 Å². The molecule has 0 unspecified atom stereocenters. The molecule has 2 rings (SSSR count). The van der Waals surface area contributed by atoms with Gasteiger partial charge >= 0.3 is 0 Å². The first-order valence-corrected chi connectivity index (χ1v) is 10.1. The molecule has 0 fully saturated rings. The quantitative estimate of drug-likeness (QED) is 0.708. The van der Waals surface area contributed by atoms with Crippen LogP contribution in [0.15, 0.2) is 64.4 Å². The lowest BCUT2D eigenvalue weighted by atomic mass is 10.1. The van der Waals surface area contributed by atoms with E-state index in [4.69, 9.17) is 5.73 Å². The summed E-state index contributed by atoms with van der Waals surface area (Å²) in [4.78, 5) is 1.11. The maximum absolute atomic E-state index is 13.0. The molecule has 0 spiro atoms. The first-order valence-electron chi connectivity index (χ1n) is 7.46. The molecular weight excluding hydrogens is 364 g/mol. The average molecular weight is 387 g/mol. The van der Waals surface area contributed by atoms with Gasteiger partial charge in [-0.25, -0.2) is 8.42 Å². The fourth-order valence-corrected chi connectivity index (χ4v) is 4.94. The molecule has 0 bridgehead atoms. The molecule has 0 saturated carbocycles. The molecule has 0 aliphatic carbocycles. The van der Waals surface area contributed by atoms with Crippen LogP contribution in [-0.4, -0.2) is 38.6 Å². The molecule has 0 saturated heterocycles. The summed E-state index contributed by atoms with van der Waals surface area (Å²) in [6.07, 6.45) is 2.55. The van der Waals surface area contributed by atoms with Crippen molar-refractivity contribution in [2.45, 2.75) is 16.2 Å². The zero-order valence-corrected chi connectivity index (χ0v) is 16.0. The van der Waals surface area contributed by atoms with E-state index in [-0.39, 0.29) is 12.4 Å². The van der Waals surface area contributed by atoms with Gasteiger partial charge in [-0.1, -0.05) is 42.5 Å². The predicted octanol–water partition coefficient (Wildman–Crippen LogP) is 3.02. The van der Waals surface area contributed by atoms with Gasteiger partial charge in [0.2, 0.25) is 10.0 Å². The first-order chi connectivity index (χ1) is 11.1. The highest BCUT2D eigenvalue weighted by Gasteiger charge is 2.25. The van der Waals surface area contributed by atoms with E-state index in [0.717, 1.165) is 10.5 Å². The van der Waals surface area contributed by atoms with Gasteiger partial charge < -0.3 is 5.73 Å². The van der Waals surface area contributed by atoms with Crippen molar-refractivity contribution < 1.29 is 8.42 Å². The van der Waals surface area contributed by atoms with E-state index in [1.165, 1.54) is 16.1 Å². The van der Waals surface area contributed by atoms with Crippen molar-refractivity contribution in [3.63, 3.8) is 0 Å². The molecule has 4 nitrogen and oxygen atoms in total. The van der Waals surface area contributed by atoms with Crippen LogP contribution in [0.25, 0.3) is 0 Å². The fourth-order valence-electron chi connectivity index (χ4n) is 2.37. The molecule has 2 aromatic rings. The van der Waals surface area contributed by atoms with Gasteiger partial charge in [-0.3, -0.25) is 0 Å². The molecule has 0 radical (unpaired) electrons. The SMILES string of the molecule is CSc1ccccc1S(=O)(=O)N(CCN)CCc1ccccc1.Cl. The van der Waals surface area contributed by atoms with Crippen LogP contribution in [0.5, 0.6) is 0 Å². The Balaban J connectivity index is 0.00000288. The van der Waals surface area contributed by atoms with E-state index < -0.39 is 10.0 Å². The van der Waals surface area contributed by atoms with Crippen LogP contribution >= 0.6 is 24.2 Å². The van der Waals surface area contributed by atoms with Crippen molar-refractivity contribution in [2.24, 2.45) is 5.73 Å². The minimum atomic E-state index is -3.54. The lowest BCUT2D eigenvalue weighted by Gasteiger charge is -2.22. The number of thioether (sulfide) groups is 1. The number of halogens is 1. The van der Waals surface area contributed by atoms with E-state index >= 15 is 0 Å². The normalized spacial score (nSPS) is 11.3. The Kier molecular flexibility index (Phi) is 8.80. The highest BCUT2D eigenvalue weighted by atomic mass is 35.5. The maximum atomic E-state index is 13.0. The summed E-state index contributed by atoms with van der Waals surface area (Å²) in [5.41, 5.74) is 6.75. The second-order valence-corrected chi connectivity index (χ2v) is 7.83. The second kappa shape index (κ2) is 10.1. The number of nitrogens with two attached hydrogens (primary N) is 1. The third kappa shape index (κ3) is 5.22. The second-order valence-electron chi connectivity index (χ2n) is 5.08. The van der Waals surface area contributed by atoms with Gasteiger partial charge in [0.05, 0.1) is 4.90 Å². The van der Waals surface area contributed by atoms with Gasteiger partial charge in [0.15, 0.2) is 0 Å². The molecule has 2 N–H and O–H groups in total. The minimum Gasteiger partial charge on any atom is -0.329 e. The molecule has 0 aliphatic heterocycles. The van der Waals surface area contributed by atoms with Crippen LogP contribution in [-0.2, 0) is 16.4 Å². The molecule has 0 aromatic heterocycles. The number of rotatable bonds is 8. The van der Waals surface area contributed by atoms with E-state index in [0.29, 0.717) is 31.0 Å². The summed E-state index contributed by atoms with van der Waals surface area (Å²) < 4.78 is 27.4. The zero-order chi connectivity index (χ0) is 16.7. The van der Waals surface area contributed by atoms with Crippen molar-refractivity contribution >= 4 is 34.2 Å². The van der Waals surface area contributed by atoms with Crippen molar-refractivity contribution in [3.05, 3.63) is 60.2 Å². The molecule has 7 heteroatoms.